The van der Waals surface area contributed by atoms with Crippen molar-refractivity contribution in [1.82, 2.24) is 4.98 Å². The summed E-state index contributed by atoms with van der Waals surface area (Å²) in [6.45, 7) is 1.68. The van der Waals surface area contributed by atoms with Crippen LogP contribution in [-0.4, -0.2) is 34.1 Å². The standard InChI is InChI=1S/C23H17N3O4S3/c1-15-25-20-8-7-19(13-22(20)31-15)33(29,30)26-10-11-32(27,28)23-9-6-18(12-21(23)26)17-4-2-16(14-24)3-5-17/h2-9,12-13H,10-11H2,1H3. The van der Waals surface area contributed by atoms with Crippen molar-refractivity contribution in [2.24, 2.45) is 0 Å². The Bertz CT molecular complexity index is 1670. The van der Waals surface area contributed by atoms with E-state index in [0.29, 0.717) is 11.1 Å². The second-order valence-electron chi connectivity index (χ2n) is 7.63. The minimum absolute atomic E-state index is 0.00978. The third kappa shape index (κ3) is 3.68. The topological polar surface area (TPSA) is 108 Å². The summed E-state index contributed by atoms with van der Waals surface area (Å²) in [5, 5.41) is 9.86. The van der Waals surface area contributed by atoms with E-state index < -0.39 is 19.9 Å². The predicted octanol–water partition coefficient (Wildman–Crippen LogP) is 4.13. The minimum atomic E-state index is -4.01. The van der Waals surface area contributed by atoms with E-state index in [0.717, 1.165) is 20.8 Å². The third-order valence-corrected chi connectivity index (χ3v) is 10.0. The Hall–Kier alpha value is -3.26. The number of sulfone groups is 1. The van der Waals surface area contributed by atoms with Crippen molar-refractivity contribution in [2.45, 2.75) is 16.7 Å². The summed E-state index contributed by atoms with van der Waals surface area (Å²) in [5.74, 6) is -0.294. The summed E-state index contributed by atoms with van der Waals surface area (Å²) < 4.78 is 54.6. The van der Waals surface area contributed by atoms with E-state index in [1.807, 2.05) is 6.92 Å². The van der Waals surface area contributed by atoms with Crippen LogP contribution in [0.25, 0.3) is 21.3 Å². The lowest BCUT2D eigenvalue weighted by Crippen LogP contribution is -2.39. The molecular formula is C23H17N3O4S3. The van der Waals surface area contributed by atoms with Gasteiger partial charge >= 0.3 is 0 Å². The third-order valence-electron chi connectivity index (χ3n) is 5.53. The molecule has 0 fully saturated rings. The number of nitriles is 1. The van der Waals surface area contributed by atoms with E-state index in [2.05, 4.69) is 11.1 Å². The molecule has 4 aromatic rings. The van der Waals surface area contributed by atoms with E-state index in [9.17, 15) is 16.8 Å². The maximum Gasteiger partial charge on any atom is 0.264 e. The summed E-state index contributed by atoms with van der Waals surface area (Å²) in [7, 11) is -7.63. The lowest BCUT2D eigenvalue weighted by molar-refractivity contribution is 0.584. The highest BCUT2D eigenvalue weighted by Crippen LogP contribution is 2.38. The summed E-state index contributed by atoms with van der Waals surface area (Å²) in [6.07, 6.45) is 0. The van der Waals surface area contributed by atoms with Crippen molar-refractivity contribution in [3.63, 3.8) is 0 Å². The van der Waals surface area contributed by atoms with Crippen LogP contribution in [0, 0.1) is 18.3 Å². The summed E-state index contributed by atoms with van der Waals surface area (Å²) in [5.41, 5.74) is 2.75. The van der Waals surface area contributed by atoms with Gasteiger partial charge in [0.25, 0.3) is 10.0 Å². The zero-order chi connectivity index (χ0) is 23.4. The van der Waals surface area contributed by atoms with Crippen molar-refractivity contribution in [3.05, 3.63) is 71.2 Å². The first kappa shape index (κ1) is 21.6. The maximum atomic E-state index is 13.6. The highest BCUT2D eigenvalue weighted by molar-refractivity contribution is 7.94. The van der Waals surface area contributed by atoms with Gasteiger partial charge in [0.05, 0.1) is 48.1 Å². The van der Waals surface area contributed by atoms with Crippen molar-refractivity contribution in [1.29, 1.82) is 5.26 Å². The Morgan fingerprint density at radius 3 is 2.48 bits per heavy atom. The van der Waals surface area contributed by atoms with Crippen LogP contribution in [-0.2, 0) is 19.9 Å². The number of aromatic nitrogens is 1. The molecule has 0 amide bonds. The summed E-state index contributed by atoms with van der Waals surface area (Å²) in [4.78, 5) is 4.45. The van der Waals surface area contributed by atoms with Crippen LogP contribution in [0.1, 0.15) is 10.6 Å². The van der Waals surface area contributed by atoms with Gasteiger partial charge in [-0.05, 0) is 60.5 Å². The molecule has 0 aliphatic carbocycles. The minimum Gasteiger partial charge on any atom is -0.264 e. The Balaban J connectivity index is 1.65. The molecule has 5 rings (SSSR count). The second-order valence-corrected chi connectivity index (χ2v) is 12.8. The molecule has 7 nitrogen and oxygen atoms in total. The van der Waals surface area contributed by atoms with Gasteiger partial charge in [0, 0.05) is 6.54 Å². The van der Waals surface area contributed by atoms with E-state index in [1.54, 1.807) is 48.5 Å². The maximum absolute atomic E-state index is 13.6. The average molecular weight is 496 g/mol. The number of benzene rings is 3. The molecule has 0 atom stereocenters. The monoisotopic (exact) mass is 495 g/mol. The van der Waals surface area contributed by atoms with E-state index in [1.165, 1.54) is 27.8 Å². The van der Waals surface area contributed by atoms with Gasteiger partial charge in [0.15, 0.2) is 9.84 Å². The van der Waals surface area contributed by atoms with Crippen molar-refractivity contribution < 1.29 is 16.8 Å². The largest absolute Gasteiger partial charge is 0.264 e. The number of anilines is 1. The Labute approximate surface area is 195 Å². The highest BCUT2D eigenvalue weighted by Gasteiger charge is 2.36. The molecule has 1 aliphatic rings. The van der Waals surface area contributed by atoms with Gasteiger partial charge in [0.2, 0.25) is 0 Å². The van der Waals surface area contributed by atoms with Gasteiger partial charge in [0.1, 0.15) is 0 Å². The number of aryl methyl sites for hydroxylation is 1. The molecular weight excluding hydrogens is 478 g/mol. The average Bonchev–Trinajstić information content (AvgIpc) is 3.18. The van der Waals surface area contributed by atoms with Gasteiger partial charge in [-0.15, -0.1) is 11.3 Å². The fourth-order valence-corrected chi connectivity index (χ4v) is 7.91. The molecule has 0 radical (unpaired) electrons. The molecule has 0 saturated heterocycles. The van der Waals surface area contributed by atoms with Crippen LogP contribution in [0.3, 0.4) is 0 Å². The number of thiazole rings is 1. The lowest BCUT2D eigenvalue weighted by Gasteiger charge is -2.30. The molecule has 0 spiro atoms. The van der Waals surface area contributed by atoms with Crippen LogP contribution in [0.2, 0.25) is 0 Å². The smallest absolute Gasteiger partial charge is 0.264 e. The van der Waals surface area contributed by atoms with Crippen LogP contribution >= 0.6 is 11.3 Å². The fraction of sp³-hybridized carbons (Fsp3) is 0.130. The van der Waals surface area contributed by atoms with Gasteiger partial charge < -0.3 is 0 Å². The first-order valence-electron chi connectivity index (χ1n) is 9.96. The number of rotatable bonds is 3. The zero-order valence-electron chi connectivity index (χ0n) is 17.4. The Kier molecular flexibility index (Phi) is 5.01. The number of nitrogens with zero attached hydrogens (tertiary/aromatic N) is 3. The van der Waals surface area contributed by atoms with E-state index >= 15 is 0 Å². The van der Waals surface area contributed by atoms with Gasteiger partial charge in [-0.3, -0.25) is 4.31 Å². The molecule has 3 aromatic carbocycles. The molecule has 0 unspecified atom stereocenters. The predicted molar refractivity (Wildman–Crippen MR) is 128 cm³/mol. The quantitative estimate of drug-likeness (QED) is 0.423. The van der Waals surface area contributed by atoms with Crippen molar-refractivity contribution >= 4 is 47.1 Å². The lowest BCUT2D eigenvalue weighted by atomic mass is 10.0. The summed E-state index contributed by atoms with van der Waals surface area (Å²) in [6, 6.07) is 18.3. The van der Waals surface area contributed by atoms with Crippen molar-refractivity contribution in [3.8, 4) is 17.2 Å². The zero-order valence-corrected chi connectivity index (χ0v) is 19.8. The number of fused-ring (bicyclic) bond motifs is 2. The van der Waals surface area contributed by atoms with E-state index in [4.69, 9.17) is 5.26 Å². The SMILES string of the molecule is Cc1nc2ccc(S(=O)(=O)N3CCS(=O)(=O)c4ccc(-c5ccc(C#N)cc5)cc43)cc2s1. The first-order valence-corrected chi connectivity index (χ1v) is 13.9. The van der Waals surface area contributed by atoms with Crippen LogP contribution in [0.4, 0.5) is 5.69 Å². The van der Waals surface area contributed by atoms with Gasteiger partial charge in [-0.25, -0.2) is 21.8 Å². The van der Waals surface area contributed by atoms with Gasteiger partial charge in [-0.1, -0.05) is 18.2 Å². The highest BCUT2D eigenvalue weighted by atomic mass is 32.2. The molecule has 10 heteroatoms. The molecule has 0 bridgehead atoms. The number of hydrogen-bond donors (Lipinski definition) is 0. The molecule has 1 aliphatic heterocycles. The van der Waals surface area contributed by atoms with Crippen LogP contribution < -0.4 is 4.31 Å². The van der Waals surface area contributed by atoms with Crippen molar-refractivity contribution in [2.75, 3.05) is 16.6 Å². The molecule has 166 valence electrons. The second kappa shape index (κ2) is 7.66. The molecule has 0 saturated carbocycles. The molecule has 33 heavy (non-hydrogen) atoms. The Morgan fingerprint density at radius 2 is 1.76 bits per heavy atom. The fourth-order valence-electron chi connectivity index (χ4n) is 3.88. The molecule has 0 N–H and O–H groups in total. The first-order chi connectivity index (χ1) is 15.7. The Morgan fingerprint density at radius 1 is 1.03 bits per heavy atom. The molecule has 2 heterocycles. The van der Waals surface area contributed by atoms with E-state index in [-0.39, 0.29) is 27.8 Å². The molecule has 1 aromatic heterocycles. The summed E-state index contributed by atoms with van der Waals surface area (Å²) >= 11 is 1.40. The van der Waals surface area contributed by atoms with Gasteiger partial charge in [-0.2, -0.15) is 5.26 Å². The number of sulfonamides is 1. The van der Waals surface area contributed by atoms with Crippen LogP contribution in [0.5, 0.6) is 0 Å². The normalized spacial score (nSPS) is 15.2. The van der Waals surface area contributed by atoms with Crippen LogP contribution in [0.15, 0.2) is 70.5 Å². The number of hydrogen-bond acceptors (Lipinski definition) is 7.